The summed E-state index contributed by atoms with van der Waals surface area (Å²) in [4.78, 5) is 0. The normalized spacial score (nSPS) is 10.9. The number of nitrogens with two attached hydrogens (primary N) is 1. The first-order valence-electron chi connectivity index (χ1n) is 5.06. The molecule has 1 aromatic heterocycles. The smallest absolute Gasteiger partial charge is 0.0342 e. The minimum atomic E-state index is 0.806. The third-order valence-corrected chi connectivity index (χ3v) is 3.33. The minimum absolute atomic E-state index is 0.806. The minimum Gasteiger partial charge on any atom is -0.330 e. The van der Waals surface area contributed by atoms with Gasteiger partial charge >= 0.3 is 0 Å². The van der Waals surface area contributed by atoms with Crippen LogP contribution in [0.15, 0.2) is 29.6 Å². The second kappa shape index (κ2) is 4.58. The van der Waals surface area contributed by atoms with E-state index < -0.39 is 0 Å². The van der Waals surface area contributed by atoms with Gasteiger partial charge in [-0.25, -0.2) is 0 Å². The number of aryl methyl sites for hydroxylation is 1. The van der Waals surface area contributed by atoms with Gasteiger partial charge in [-0.15, -0.1) is 11.3 Å². The first-order valence-corrected chi connectivity index (χ1v) is 5.94. The van der Waals surface area contributed by atoms with Crippen molar-refractivity contribution in [2.45, 2.75) is 19.3 Å². The summed E-state index contributed by atoms with van der Waals surface area (Å²) >= 11 is 1.80. The van der Waals surface area contributed by atoms with Crippen LogP contribution in [0.2, 0.25) is 0 Å². The predicted molar refractivity (Wildman–Crippen MR) is 63.8 cm³/mol. The zero-order chi connectivity index (χ0) is 9.80. The molecule has 0 aliphatic carbocycles. The Morgan fingerprint density at radius 2 is 2.07 bits per heavy atom. The van der Waals surface area contributed by atoms with Gasteiger partial charge in [-0.1, -0.05) is 12.1 Å². The van der Waals surface area contributed by atoms with E-state index in [0.29, 0.717) is 0 Å². The van der Waals surface area contributed by atoms with Gasteiger partial charge < -0.3 is 5.73 Å². The Bertz CT molecular complexity index is 405. The summed E-state index contributed by atoms with van der Waals surface area (Å²) in [6.45, 7) is 0.806. The van der Waals surface area contributed by atoms with Gasteiger partial charge in [-0.05, 0) is 54.3 Å². The molecule has 0 spiro atoms. The van der Waals surface area contributed by atoms with Crippen LogP contribution in [-0.2, 0) is 6.42 Å². The summed E-state index contributed by atoms with van der Waals surface area (Å²) in [7, 11) is 0. The van der Waals surface area contributed by atoms with Gasteiger partial charge in [0, 0.05) is 4.70 Å². The standard InChI is InChI=1S/C12H15NS/c13-7-2-1-3-10-4-5-12-11(9-10)6-8-14-12/h4-6,8-9H,1-3,7,13H2. The van der Waals surface area contributed by atoms with Crippen molar-refractivity contribution in [2.75, 3.05) is 6.54 Å². The van der Waals surface area contributed by atoms with E-state index in [1.165, 1.54) is 22.1 Å². The molecule has 74 valence electrons. The van der Waals surface area contributed by atoms with E-state index in [9.17, 15) is 0 Å². The molecule has 2 rings (SSSR count). The lowest BCUT2D eigenvalue weighted by molar-refractivity contribution is 0.745. The van der Waals surface area contributed by atoms with Crippen molar-refractivity contribution in [2.24, 2.45) is 5.73 Å². The molecule has 0 amide bonds. The van der Waals surface area contributed by atoms with Gasteiger partial charge in [0.2, 0.25) is 0 Å². The lowest BCUT2D eigenvalue weighted by Gasteiger charge is -2.00. The Labute approximate surface area is 88.6 Å². The molecule has 0 unspecified atom stereocenters. The highest BCUT2D eigenvalue weighted by Crippen LogP contribution is 2.22. The van der Waals surface area contributed by atoms with Crippen LogP contribution in [0.5, 0.6) is 0 Å². The van der Waals surface area contributed by atoms with Crippen LogP contribution in [0.25, 0.3) is 10.1 Å². The average Bonchev–Trinajstić information content (AvgIpc) is 2.65. The van der Waals surface area contributed by atoms with E-state index in [0.717, 1.165) is 19.4 Å². The number of fused-ring (bicyclic) bond motifs is 1. The molecule has 1 heterocycles. The summed E-state index contributed by atoms with van der Waals surface area (Å²) in [6.07, 6.45) is 3.48. The number of thiophene rings is 1. The molecular formula is C12H15NS. The molecule has 0 radical (unpaired) electrons. The Balaban J connectivity index is 2.10. The zero-order valence-corrected chi connectivity index (χ0v) is 9.02. The van der Waals surface area contributed by atoms with Gasteiger partial charge in [-0.2, -0.15) is 0 Å². The van der Waals surface area contributed by atoms with Crippen molar-refractivity contribution in [3.63, 3.8) is 0 Å². The predicted octanol–water partition coefficient (Wildman–Crippen LogP) is 3.18. The first-order chi connectivity index (χ1) is 6.90. The highest BCUT2D eigenvalue weighted by Gasteiger charge is 1.97. The molecule has 0 aliphatic rings. The Hall–Kier alpha value is -0.860. The highest BCUT2D eigenvalue weighted by atomic mass is 32.1. The fourth-order valence-electron chi connectivity index (χ4n) is 1.65. The number of unbranched alkanes of at least 4 members (excludes halogenated alkanes) is 1. The summed E-state index contributed by atoms with van der Waals surface area (Å²) in [5.41, 5.74) is 6.90. The van der Waals surface area contributed by atoms with Crippen LogP contribution in [0.1, 0.15) is 18.4 Å². The third-order valence-electron chi connectivity index (χ3n) is 2.44. The van der Waals surface area contributed by atoms with Crippen LogP contribution < -0.4 is 5.73 Å². The van der Waals surface area contributed by atoms with Crippen molar-refractivity contribution in [3.8, 4) is 0 Å². The van der Waals surface area contributed by atoms with Gasteiger partial charge in [0.05, 0.1) is 0 Å². The fraction of sp³-hybridized carbons (Fsp3) is 0.333. The van der Waals surface area contributed by atoms with Crippen molar-refractivity contribution < 1.29 is 0 Å². The average molecular weight is 205 g/mol. The monoisotopic (exact) mass is 205 g/mol. The molecule has 0 saturated heterocycles. The molecular weight excluding hydrogens is 190 g/mol. The molecule has 1 aromatic carbocycles. The maximum absolute atomic E-state index is 5.47. The van der Waals surface area contributed by atoms with E-state index in [4.69, 9.17) is 5.73 Å². The van der Waals surface area contributed by atoms with Crippen molar-refractivity contribution >= 4 is 21.4 Å². The van der Waals surface area contributed by atoms with E-state index in [1.807, 2.05) is 0 Å². The van der Waals surface area contributed by atoms with E-state index >= 15 is 0 Å². The molecule has 14 heavy (non-hydrogen) atoms. The number of benzene rings is 1. The van der Waals surface area contributed by atoms with Crippen LogP contribution in [0, 0.1) is 0 Å². The zero-order valence-electron chi connectivity index (χ0n) is 8.20. The highest BCUT2D eigenvalue weighted by molar-refractivity contribution is 7.17. The lowest BCUT2D eigenvalue weighted by atomic mass is 10.1. The van der Waals surface area contributed by atoms with Crippen molar-refractivity contribution in [1.82, 2.24) is 0 Å². The Morgan fingerprint density at radius 1 is 1.14 bits per heavy atom. The van der Waals surface area contributed by atoms with Gasteiger partial charge in [0.1, 0.15) is 0 Å². The fourth-order valence-corrected chi connectivity index (χ4v) is 2.42. The maximum Gasteiger partial charge on any atom is 0.0342 e. The van der Waals surface area contributed by atoms with Crippen LogP contribution in [0.3, 0.4) is 0 Å². The summed E-state index contributed by atoms with van der Waals surface area (Å²) in [5, 5.41) is 3.52. The molecule has 2 N–H and O–H groups in total. The van der Waals surface area contributed by atoms with E-state index in [-0.39, 0.29) is 0 Å². The maximum atomic E-state index is 5.47. The van der Waals surface area contributed by atoms with Crippen molar-refractivity contribution in [3.05, 3.63) is 35.2 Å². The van der Waals surface area contributed by atoms with Gasteiger partial charge in [-0.3, -0.25) is 0 Å². The number of rotatable bonds is 4. The summed E-state index contributed by atoms with van der Waals surface area (Å²) in [5.74, 6) is 0. The van der Waals surface area contributed by atoms with E-state index in [1.54, 1.807) is 11.3 Å². The molecule has 0 atom stereocenters. The SMILES string of the molecule is NCCCCc1ccc2sccc2c1. The Kier molecular flexibility index (Phi) is 3.17. The topological polar surface area (TPSA) is 26.0 Å². The number of hydrogen-bond acceptors (Lipinski definition) is 2. The second-order valence-electron chi connectivity index (χ2n) is 3.54. The molecule has 0 aliphatic heterocycles. The van der Waals surface area contributed by atoms with Crippen LogP contribution >= 0.6 is 11.3 Å². The second-order valence-corrected chi connectivity index (χ2v) is 4.49. The molecule has 0 saturated carbocycles. The van der Waals surface area contributed by atoms with Crippen LogP contribution in [0.4, 0.5) is 0 Å². The molecule has 2 heteroatoms. The molecule has 1 nitrogen and oxygen atoms in total. The third kappa shape index (κ3) is 2.14. The van der Waals surface area contributed by atoms with Crippen LogP contribution in [-0.4, -0.2) is 6.54 Å². The molecule has 0 fully saturated rings. The summed E-state index contributed by atoms with van der Waals surface area (Å²) < 4.78 is 1.38. The first kappa shape index (κ1) is 9.69. The largest absolute Gasteiger partial charge is 0.330 e. The van der Waals surface area contributed by atoms with Gasteiger partial charge in [0.25, 0.3) is 0 Å². The molecule has 2 aromatic rings. The van der Waals surface area contributed by atoms with Crippen molar-refractivity contribution in [1.29, 1.82) is 0 Å². The summed E-state index contributed by atoms with van der Waals surface area (Å²) in [6, 6.07) is 8.93. The Morgan fingerprint density at radius 3 is 2.93 bits per heavy atom. The number of hydrogen-bond donors (Lipinski definition) is 1. The van der Waals surface area contributed by atoms with Gasteiger partial charge in [0.15, 0.2) is 0 Å². The lowest BCUT2D eigenvalue weighted by Crippen LogP contribution is -1.98. The van der Waals surface area contributed by atoms with E-state index in [2.05, 4.69) is 29.6 Å². The quantitative estimate of drug-likeness (QED) is 0.762. The molecule has 0 bridgehead atoms.